The molecule has 0 atom stereocenters. The number of halogens is 1. The Labute approximate surface area is 145 Å². The van der Waals surface area contributed by atoms with Gasteiger partial charge in [-0.05, 0) is 23.8 Å². The highest BCUT2D eigenvalue weighted by atomic mass is 79.9. The first kappa shape index (κ1) is 16.1. The zero-order chi connectivity index (χ0) is 17.1. The van der Waals surface area contributed by atoms with Crippen molar-refractivity contribution in [1.29, 1.82) is 0 Å². The molecule has 3 rings (SSSR count). The van der Waals surface area contributed by atoms with E-state index in [1.54, 1.807) is 18.2 Å². The van der Waals surface area contributed by atoms with Crippen molar-refractivity contribution in [3.05, 3.63) is 91.2 Å². The highest BCUT2D eigenvalue weighted by Gasteiger charge is 2.09. The van der Waals surface area contributed by atoms with E-state index in [0.717, 1.165) is 10.0 Å². The molecule has 0 aliphatic carbocycles. The Balaban J connectivity index is 1.97. The third-order valence-corrected chi connectivity index (χ3v) is 3.99. The predicted molar refractivity (Wildman–Crippen MR) is 93.8 cm³/mol. The van der Waals surface area contributed by atoms with Crippen LogP contribution in [-0.2, 0) is 6.54 Å². The van der Waals surface area contributed by atoms with Crippen molar-refractivity contribution in [1.82, 2.24) is 9.78 Å². The first-order valence-corrected chi connectivity index (χ1v) is 7.90. The third kappa shape index (κ3) is 3.57. The lowest BCUT2D eigenvalue weighted by Gasteiger charge is -2.07. The summed E-state index contributed by atoms with van der Waals surface area (Å²) in [6, 6.07) is 16.8. The monoisotopic (exact) mass is 385 g/mol. The molecule has 0 radical (unpaired) electrons. The van der Waals surface area contributed by atoms with Gasteiger partial charge in [0.15, 0.2) is 0 Å². The minimum absolute atomic E-state index is 0.0139. The second-order valence-corrected chi connectivity index (χ2v) is 6.06. The zero-order valence-electron chi connectivity index (χ0n) is 12.4. The minimum atomic E-state index is -0.457. The quantitative estimate of drug-likeness (QED) is 0.507. The van der Waals surface area contributed by atoms with Gasteiger partial charge in [0.25, 0.3) is 11.2 Å². The molecule has 120 valence electrons. The summed E-state index contributed by atoms with van der Waals surface area (Å²) in [5.74, 6) is 0. The Bertz CT molecular complexity index is 952. The summed E-state index contributed by atoms with van der Waals surface area (Å²) in [4.78, 5) is 22.5. The second-order valence-electron chi connectivity index (χ2n) is 5.15. The van der Waals surface area contributed by atoms with Crippen LogP contribution in [0.2, 0.25) is 0 Å². The topological polar surface area (TPSA) is 78.0 Å². The zero-order valence-corrected chi connectivity index (χ0v) is 14.0. The molecule has 2 aromatic carbocycles. The van der Waals surface area contributed by atoms with Crippen molar-refractivity contribution in [3.63, 3.8) is 0 Å². The van der Waals surface area contributed by atoms with Crippen LogP contribution in [0, 0.1) is 10.1 Å². The molecule has 0 fully saturated rings. The molecule has 0 bridgehead atoms. The van der Waals surface area contributed by atoms with E-state index in [2.05, 4.69) is 21.0 Å². The van der Waals surface area contributed by atoms with Crippen LogP contribution in [0.1, 0.15) is 5.56 Å². The van der Waals surface area contributed by atoms with E-state index < -0.39 is 4.92 Å². The van der Waals surface area contributed by atoms with E-state index >= 15 is 0 Å². The minimum Gasteiger partial charge on any atom is -0.268 e. The Morgan fingerprint density at radius 3 is 2.54 bits per heavy atom. The molecule has 0 unspecified atom stereocenters. The first-order chi connectivity index (χ1) is 11.5. The van der Waals surface area contributed by atoms with Crippen molar-refractivity contribution < 1.29 is 4.92 Å². The maximum atomic E-state index is 12.0. The summed E-state index contributed by atoms with van der Waals surface area (Å²) < 4.78 is 2.30. The standard InChI is InChI=1S/C17H12BrN3O3/c18-14-6-4-12(5-7-14)11-20-17(22)9-8-16(19-20)13-2-1-3-15(10-13)21(23)24/h1-10H,11H2. The molecule has 0 spiro atoms. The van der Waals surface area contributed by atoms with Crippen LogP contribution in [0.25, 0.3) is 11.3 Å². The highest BCUT2D eigenvalue weighted by molar-refractivity contribution is 9.10. The number of nitro groups is 1. The summed E-state index contributed by atoms with van der Waals surface area (Å²) >= 11 is 3.37. The van der Waals surface area contributed by atoms with Crippen LogP contribution in [0.3, 0.4) is 0 Å². The van der Waals surface area contributed by atoms with E-state index in [9.17, 15) is 14.9 Å². The number of hydrogen-bond donors (Lipinski definition) is 0. The van der Waals surface area contributed by atoms with Crippen LogP contribution in [0.15, 0.2) is 69.9 Å². The first-order valence-electron chi connectivity index (χ1n) is 7.10. The number of benzene rings is 2. The molecule has 6 nitrogen and oxygen atoms in total. The van der Waals surface area contributed by atoms with Crippen molar-refractivity contribution in [2.24, 2.45) is 0 Å². The number of non-ortho nitro benzene ring substituents is 1. The van der Waals surface area contributed by atoms with Gasteiger partial charge in [-0.2, -0.15) is 5.10 Å². The Kier molecular flexibility index (Phi) is 4.52. The van der Waals surface area contributed by atoms with Crippen LogP contribution >= 0.6 is 15.9 Å². The summed E-state index contributed by atoms with van der Waals surface area (Å²) in [5, 5.41) is 15.2. The molecule has 0 aliphatic heterocycles. The van der Waals surface area contributed by atoms with Crippen molar-refractivity contribution in [2.45, 2.75) is 6.54 Å². The maximum Gasteiger partial charge on any atom is 0.270 e. The third-order valence-electron chi connectivity index (χ3n) is 3.46. The SMILES string of the molecule is O=c1ccc(-c2cccc([N+](=O)[O-])c2)nn1Cc1ccc(Br)cc1. The highest BCUT2D eigenvalue weighted by Crippen LogP contribution is 2.21. The molecule has 24 heavy (non-hydrogen) atoms. The Morgan fingerprint density at radius 1 is 1.08 bits per heavy atom. The van der Waals surface area contributed by atoms with Gasteiger partial charge in [0.1, 0.15) is 0 Å². The largest absolute Gasteiger partial charge is 0.270 e. The molecular weight excluding hydrogens is 374 g/mol. The Hall–Kier alpha value is -2.80. The van der Waals surface area contributed by atoms with Crippen molar-refractivity contribution >= 4 is 21.6 Å². The van der Waals surface area contributed by atoms with Gasteiger partial charge in [-0.1, -0.05) is 40.2 Å². The van der Waals surface area contributed by atoms with Crippen molar-refractivity contribution in [3.8, 4) is 11.3 Å². The number of rotatable bonds is 4. The van der Waals surface area contributed by atoms with Gasteiger partial charge in [-0.3, -0.25) is 14.9 Å². The van der Waals surface area contributed by atoms with Gasteiger partial charge in [0, 0.05) is 28.2 Å². The summed E-state index contributed by atoms with van der Waals surface area (Å²) in [5.41, 5.74) is 1.79. The normalized spacial score (nSPS) is 10.5. The predicted octanol–water partition coefficient (Wildman–Crippen LogP) is 3.63. The van der Waals surface area contributed by atoms with Gasteiger partial charge in [-0.25, -0.2) is 4.68 Å². The average molecular weight is 386 g/mol. The molecular formula is C17H12BrN3O3. The number of aromatic nitrogens is 2. The van der Waals surface area contributed by atoms with Crippen LogP contribution in [0.5, 0.6) is 0 Å². The van der Waals surface area contributed by atoms with Gasteiger partial charge in [0.05, 0.1) is 17.2 Å². The van der Waals surface area contributed by atoms with E-state index in [4.69, 9.17) is 0 Å². The molecule has 7 heteroatoms. The van der Waals surface area contributed by atoms with Crippen LogP contribution in [-0.4, -0.2) is 14.7 Å². The fourth-order valence-corrected chi connectivity index (χ4v) is 2.52. The molecule has 0 aliphatic rings. The molecule has 1 heterocycles. The van der Waals surface area contributed by atoms with Gasteiger partial charge in [-0.15, -0.1) is 0 Å². The van der Waals surface area contributed by atoms with E-state index in [1.807, 2.05) is 24.3 Å². The molecule has 0 saturated carbocycles. The van der Waals surface area contributed by atoms with Crippen molar-refractivity contribution in [2.75, 3.05) is 0 Å². The summed E-state index contributed by atoms with van der Waals surface area (Å²) in [6.45, 7) is 0.328. The molecule has 3 aromatic rings. The second kappa shape index (κ2) is 6.76. The average Bonchev–Trinajstić information content (AvgIpc) is 2.59. The van der Waals surface area contributed by atoms with E-state index in [0.29, 0.717) is 17.8 Å². The summed E-state index contributed by atoms with van der Waals surface area (Å²) in [6.07, 6.45) is 0. The van der Waals surface area contributed by atoms with Crippen LogP contribution < -0.4 is 5.56 Å². The molecule has 0 saturated heterocycles. The molecule has 1 aromatic heterocycles. The van der Waals surface area contributed by atoms with Gasteiger partial charge < -0.3 is 0 Å². The summed E-state index contributed by atoms with van der Waals surface area (Å²) in [7, 11) is 0. The number of nitro benzene ring substituents is 1. The number of nitrogens with zero attached hydrogens (tertiary/aromatic N) is 3. The molecule has 0 amide bonds. The Morgan fingerprint density at radius 2 is 1.83 bits per heavy atom. The van der Waals surface area contributed by atoms with Crippen LogP contribution in [0.4, 0.5) is 5.69 Å². The number of hydrogen-bond acceptors (Lipinski definition) is 4. The maximum absolute atomic E-state index is 12.0. The molecule has 0 N–H and O–H groups in total. The van der Waals surface area contributed by atoms with E-state index in [1.165, 1.54) is 22.9 Å². The lowest BCUT2D eigenvalue weighted by atomic mass is 10.1. The lowest BCUT2D eigenvalue weighted by Crippen LogP contribution is -2.22. The van der Waals surface area contributed by atoms with Gasteiger partial charge >= 0.3 is 0 Å². The lowest BCUT2D eigenvalue weighted by molar-refractivity contribution is -0.384. The fraction of sp³-hybridized carbons (Fsp3) is 0.0588. The van der Waals surface area contributed by atoms with Gasteiger partial charge in [0.2, 0.25) is 0 Å². The fourth-order valence-electron chi connectivity index (χ4n) is 2.26. The smallest absolute Gasteiger partial charge is 0.268 e. The van der Waals surface area contributed by atoms with E-state index in [-0.39, 0.29) is 11.2 Å².